The van der Waals surface area contributed by atoms with Gasteiger partial charge >= 0.3 is 6.09 Å². The maximum atomic E-state index is 12.9. The monoisotopic (exact) mass is 505 g/mol. The molecule has 37 heavy (non-hydrogen) atoms. The molecule has 1 fully saturated rings. The highest BCUT2D eigenvalue weighted by molar-refractivity contribution is 5.73. The Labute approximate surface area is 222 Å². The van der Waals surface area contributed by atoms with E-state index in [1.807, 2.05) is 54.1 Å². The van der Waals surface area contributed by atoms with Crippen molar-refractivity contribution in [3.8, 4) is 0 Å². The number of carbonyl (C=O) groups excluding carboxylic acids is 2. The number of rotatable bonds is 11. The molecule has 1 atom stereocenters. The van der Waals surface area contributed by atoms with Crippen molar-refractivity contribution in [2.45, 2.75) is 58.1 Å². The van der Waals surface area contributed by atoms with Crippen LogP contribution in [0, 0.1) is 6.92 Å². The lowest BCUT2D eigenvalue weighted by molar-refractivity contribution is -0.128. The molecule has 3 rings (SSSR count). The number of aryl methyl sites for hydroxylation is 1. The molecule has 2 aromatic rings. The topological polar surface area (TPSA) is 53.1 Å². The minimum absolute atomic E-state index is 0.0829. The summed E-state index contributed by atoms with van der Waals surface area (Å²) in [6, 6.07) is 18.7. The fourth-order valence-electron chi connectivity index (χ4n) is 5.07. The fourth-order valence-corrected chi connectivity index (χ4v) is 5.07. The van der Waals surface area contributed by atoms with Gasteiger partial charge in [0, 0.05) is 51.6 Å². The molecule has 0 aromatic heterocycles. The van der Waals surface area contributed by atoms with Crippen LogP contribution in [0.25, 0.3) is 0 Å². The standard InChI is InChI=1S/C31H43N3O3/c1-6-19-34(30(36)37-23-27-14-12-25(2)13-15-27)29-16-20-33(21-17-29)22-18-31(4,24-32(5)26(3)35)28-10-8-7-9-11-28/h6-15,29H,1,16-24H2,2-5H3. The number of likely N-dealkylation sites (N-methyl/N-ethyl adjacent to an activating group) is 1. The van der Waals surface area contributed by atoms with E-state index in [4.69, 9.17) is 4.74 Å². The molecular weight excluding hydrogens is 462 g/mol. The van der Waals surface area contributed by atoms with Gasteiger partial charge in [-0.3, -0.25) is 4.79 Å². The van der Waals surface area contributed by atoms with Gasteiger partial charge in [-0.25, -0.2) is 4.79 Å². The lowest BCUT2D eigenvalue weighted by Gasteiger charge is -2.40. The lowest BCUT2D eigenvalue weighted by Crippen LogP contribution is -2.48. The summed E-state index contributed by atoms with van der Waals surface area (Å²) in [7, 11) is 1.88. The molecular formula is C31H43N3O3. The van der Waals surface area contributed by atoms with Crippen molar-refractivity contribution in [2.75, 3.05) is 39.8 Å². The smallest absolute Gasteiger partial charge is 0.410 e. The Morgan fingerprint density at radius 2 is 1.76 bits per heavy atom. The summed E-state index contributed by atoms with van der Waals surface area (Å²) in [5, 5.41) is 0. The molecule has 0 bridgehead atoms. The van der Waals surface area contributed by atoms with Gasteiger partial charge in [-0.1, -0.05) is 73.2 Å². The highest BCUT2D eigenvalue weighted by atomic mass is 16.6. The normalized spacial score (nSPS) is 16.0. The summed E-state index contributed by atoms with van der Waals surface area (Å²) >= 11 is 0. The molecule has 1 heterocycles. The number of nitrogens with zero attached hydrogens (tertiary/aromatic N) is 3. The molecule has 1 saturated heterocycles. The van der Waals surface area contributed by atoms with Crippen LogP contribution in [0.3, 0.4) is 0 Å². The van der Waals surface area contributed by atoms with Crippen molar-refractivity contribution >= 4 is 12.0 Å². The first-order valence-electron chi connectivity index (χ1n) is 13.3. The SMILES string of the molecule is C=CCN(C(=O)OCc1ccc(C)cc1)C1CCN(CCC(C)(CN(C)C(C)=O)c2ccccc2)CC1. The van der Waals surface area contributed by atoms with Gasteiger partial charge in [0.15, 0.2) is 0 Å². The number of piperidine rings is 1. The zero-order valence-corrected chi connectivity index (χ0v) is 23.0. The average molecular weight is 506 g/mol. The second kappa shape index (κ2) is 13.4. The average Bonchev–Trinajstić information content (AvgIpc) is 2.91. The van der Waals surface area contributed by atoms with Crippen LogP contribution >= 0.6 is 0 Å². The van der Waals surface area contributed by atoms with Gasteiger partial charge < -0.3 is 19.4 Å². The molecule has 0 saturated carbocycles. The summed E-state index contributed by atoms with van der Waals surface area (Å²) in [6.45, 7) is 14.0. The van der Waals surface area contributed by atoms with Gasteiger partial charge in [-0.15, -0.1) is 6.58 Å². The third-order valence-electron chi connectivity index (χ3n) is 7.62. The van der Waals surface area contributed by atoms with E-state index in [9.17, 15) is 9.59 Å². The van der Waals surface area contributed by atoms with Crippen molar-refractivity contribution in [2.24, 2.45) is 0 Å². The molecule has 1 unspecified atom stereocenters. The number of benzene rings is 2. The third-order valence-corrected chi connectivity index (χ3v) is 7.62. The summed E-state index contributed by atoms with van der Waals surface area (Å²) in [6.07, 6.45) is 4.26. The minimum atomic E-state index is -0.275. The molecule has 6 nitrogen and oxygen atoms in total. The maximum Gasteiger partial charge on any atom is 0.410 e. The molecule has 0 N–H and O–H groups in total. The van der Waals surface area contributed by atoms with E-state index >= 15 is 0 Å². The van der Waals surface area contributed by atoms with E-state index in [-0.39, 0.29) is 30.1 Å². The molecule has 2 aromatic carbocycles. The highest BCUT2D eigenvalue weighted by Crippen LogP contribution is 2.30. The Balaban J connectivity index is 1.55. The quantitative estimate of drug-likeness (QED) is 0.383. The van der Waals surface area contributed by atoms with Crippen molar-refractivity contribution in [3.63, 3.8) is 0 Å². The van der Waals surface area contributed by atoms with E-state index < -0.39 is 0 Å². The van der Waals surface area contributed by atoms with E-state index in [1.165, 1.54) is 11.1 Å². The van der Waals surface area contributed by atoms with Gasteiger partial charge in [-0.05, 0) is 43.9 Å². The van der Waals surface area contributed by atoms with E-state index in [1.54, 1.807) is 13.0 Å². The van der Waals surface area contributed by atoms with Crippen LogP contribution in [-0.4, -0.2) is 72.5 Å². The van der Waals surface area contributed by atoms with Crippen molar-refractivity contribution in [3.05, 3.63) is 83.9 Å². The fraction of sp³-hybridized carbons (Fsp3) is 0.484. The molecule has 1 aliphatic rings. The van der Waals surface area contributed by atoms with Gasteiger partial charge in [-0.2, -0.15) is 0 Å². The van der Waals surface area contributed by atoms with Crippen LogP contribution < -0.4 is 0 Å². The number of ether oxygens (including phenoxy) is 1. The largest absolute Gasteiger partial charge is 0.445 e. The van der Waals surface area contributed by atoms with Gasteiger partial charge in [0.25, 0.3) is 0 Å². The zero-order valence-electron chi connectivity index (χ0n) is 23.0. The van der Waals surface area contributed by atoms with Gasteiger partial charge in [0.05, 0.1) is 0 Å². The second-order valence-corrected chi connectivity index (χ2v) is 10.6. The zero-order chi connectivity index (χ0) is 26.8. The third kappa shape index (κ3) is 8.19. The summed E-state index contributed by atoms with van der Waals surface area (Å²) in [4.78, 5) is 31.0. The molecule has 200 valence electrons. The Kier molecular flexibility index (Phi) is 10.3. The predicted octanol–water partition coefficient (Wildman–Crippen LogP) is 5.41. The van der Waals surface area contributed by atoms with Gasteiger partial charge in [0.2, 0.25) is 5.91 Å². The number of likely N-dealkylation sites (tertiary alicyclic amines) is 1. The first-order valence-corrected chi connectivity index (χ1v) is 13.3. The Morgan fingerprint density at radius 1 is 1.11 bits per heavy atom. The number of hydrogen-bond donors (Lipinski definition) is 0. The summed E-state index contributed by atoms with van der Waals surface area (Å²) < 4.78 is 5.65. The van der Waals surface area contributed by atoms with Crippen LogP contribution in [0.4, 0.5) is 4.79 Å². The molecule has 2 amide bonds. The van der Waals surface area contributed by atoms with Crippen molar-refractivity contribution < 1.29 is 14.3 Å². The van der Waals surface area contributed by atoms with Crippen LogP contribution in [0.15, 0.2) is 67.3 Å². The first-order chi connectivity index (χ1) is 17.7. The summed E-state index contributed by atoms with van der Waals surface area (Å²) in [5.41, 5.74) is 3.30. The predicted molar refractivity (Wildman–Crippen MR) is 149 cm³/mol. The van der Waals surface area contributed by atoms with Crippen LogP contribution in [0.5, 0.6) is 0 Å². The summed E-state index contributed by atoms with van der Waals surface area (Å²) in [5.74, 6) is 0.0829. The Morgan fingerprint density at radius 3 is 2.35 bits per heavy atom. The van der Waals surface area contributed by atoms with Crippen LogP contribution in [-0.2, 0) is 21.6 Å². The number of amides is 2. The number of carbonyl (C=O) groups is 2. The van der Waals surface area contributed by atoms with E-state index in [2.05, 4.69) is 42.7 Å². The lowest BCUT2D eigenvalue weighted by atomic mass is 9.78. The second-order valence-electron chi connectivity index (χ2n) is 10.6. The molecule has 0 aliphatic carbocycles. The van der Waals surface area contributed by atoms with Gasteiger partial charge in [0.1, 0.15) is 6.61 Å². The van der Waals surface area contributed by atoms with Crippen LogP contribution in [0.1, 0.15) is 49.8 Å². The van der Waals surface area contributed by atoms with E-state index in [0.717, 1.165) is 44.5 Å². The molecule has 6 heteroatoms. The molecule has 0 spiro atoms. The molecule has 1 aliphatic heterocycles. The minimum Gasteiger partial charge on any atom is -0.445 e. The first kappa shape index (κ1) is 28.5. The highest BCUT2D eigenvalue weighted by Gasteiger charge is 2.32. The van der Waals surface area contributed by atoms with Crippen LogP contribution in [0.2, 0.25) is 0 Å². The van der Waals surface area contributed by atoms with Crippen molar-refractivity contribution in [1.29, 1.82) is 0 Å². The molecule has 0 radical (unpaired) electrons. The number of hydrogen-bond acceptors (Lipinski definition) is 4. The maximum absolute atomic E-state index is 12.9. The Bertz CT molecular complexity index is 1020. The van der Waals surface area contributed by atoms with Crippen molar-refractivity contribution in [1.82, 2.24) is 14.7 Å². The van der Waals surface area contributed by atoms with E-state index in [0.29, 0.717) is 13.1 Å². The Hall–Kier alpha value is -3.12.